The van der Waals surface area contributed by atoms with Crippen LogP contribution in [0.5, 0.6) is 0 Å². The van der Waals surface area contributed by atoms with Gasteiger partial charge in [0.05, 0.1) is 0 Å². The molecule has 1 aromatic carbocycles. The molecule has 0 bridgehead atoms. The second kappa shape index (κ2) is 6.97. The van der Waals surface area contributed by atoms with Gasteiger partial charge < -0.3 is 5.32 Å². The molecule has 1 aromatic rings. The maximum atomic E-state index is 13.6. The summed E-state index contributed by atoms with van der Waals surface area (Å²) < 4.78 is 13.6. The highest BCUT2D eigenvalue weighted by atomic mass is 35.5. The first-order chi connectivity index (χ1) is 8.04. The summed E-state index contributed by atoms with van der Waals surface area (Å²) in [5.41, 5.74) is 0.644. The van der Waals surface area contributed by atoms with Crippen molar-refractivity contribution < 1.29 is 4.39 Å². The van der Waals surface area contributed by atoms with Crippen LogP contribution < -0.4 is 5.32 Å². The number of hydrogen-bond acceptors (Lipinski definition) is 1. The first-order valence-electron chi connectivity index (χ1n) is 6.20. The highest BCUT2D eigenvalue weighted by Gasteiger charge is 2.13. The molecule has 2 atom stereocenters. The zero-order valence-corrected chi connectivity index (χ0v) is 11.5. The van der Waals surface area contributed by atoms with Crippen LogP contribution in [0, 0.1) is 11.7 Å². The molecule has 1 N–H and O–H groups in total. The summed E-state index contributed by atoms with van der Waals surface area (Å²) in [6.07, 6.45) is 1.72. The summed E-state index contributed by atoms with van der Waals surface area (Å²) >= 11 is 6.02. The minimum Gasteiger partial charge on any atom is -0.315 e. The van der Waals surface area contributed by atoms with Gasteiger partial charge in [0.25, 0.3) is 0 Å². The fourth-order valence-electron chi connectivity index (χ4n) is 2.19. The van der Waals surface area contributed by atoms with E-state index in [2.05, 4.69) is 26.1 Å². The van der Waals surface area contributed by atoms with E-state index in [4.69, 9.17) is 11.6 Å². The molecule has 17 heavy (non-hydrogen) atoms. The van der Waals surface area contributed by atoms with Crippen molar-refractivity contribution in [1.82, 2.24) is 5.32 Å². The average molecular weight is 258 g/mol. The fourth-order valence-corrected chi connectivity index (χ4v) is 2.43. The smallest absolute Gasteiger partial charge is 0.127 e. The largest absolute Gasteiger partial charge is 0.315 e. The van der Waals surface area contributed by atoms with Crippen LogP contribution in [-0.2, 0) is 6.42 Å². The molecular weight excluding hydrogens is 237 g/mol. The van der Waals surface area contributed by atoms with Crippen LogP contribution in [0.4, 0.5) is 4.39 Å². The molecule has 0 aliphatic heterocycles. The molecule has 0 heterocycles. The van der Waals surface area contributed by atoms with Crippen molar-refractivity contribution in [2.45, 2.75) is 39.7 Å². The Morgan fingerprint density at radius 2 is 2.06 bits per heavy atom. The van der Waals surface area contributed by atoms with Crippen LogP contribution >= 0.6 is 11.6 Å². The van der Waals surface area contributed by atoms with Crippen molar-refractivity contribution in [2.75, 3.05) is 6.54 Å². The lowest BCUT2D eigenvalue weighted by atomic mass is 9.94. The van der Waals surface area contributed by atoms with Gasteiger partial charge in [0, 0.05) is 16.6 Å². The van der Waals surface area contributed by atoms with Gasteiger partial charge in [-0.05, 0) is 44.4 Å². The number of benzene rings is 1. The third-order valence-electron chi connectivity index (χ3n) is 2.92. The molecule has 0 saturated heterocycles. The number of hydrogen-bond donors (Lipinski definition) is 1. The second-order valence-corrected chi connectivity index (χ2v) is 5.11. The molecule has 0 radical (unpaired) electrons. The van der Waals surface area contributed by atoms with Gasteiger partial charge in [-0.25, -0.2) is 4.39 Å². The van der Waals surface area contributed by atoms with Crippen molar-refractivity contribution in [2.24, 2.45) is 5.92 Å². The molecule has 0 aliphatic carbocycles. The van der Waals surface area contributed by atoms with Gasteiger partial charge in [-0.2, -0.15) is 0 Å². The SMILES string of the molecule is CCNC(C)CC(C)Cc1c(F)cccc1Cl. The topological polar surface area (TPSA) is 12.0 Å². The molecule has 0 aliphatic rings. The van der Waals surface area contributed by atoms with E-state index in [0.29, 0.717) is 29.0 Å². The van der Waals surface area contributed by atoms with E-state index >= 15 is 0 Å². The Morgan fingerprint density at radius 3 is 2.65 bits per heavy atom. The van der Waals surface area contributed by atoms with E-state index < -0.39 is 0 Å². The van der Waals surface area contributed by atoms with Crippen molar-refractivity contribution >= 4 is 11.6 Å². The molecule has 0 amide bonds. The summed E-state index contributed by atoms with van der Waals surface area (Å²) in [6, 6.07) is 5.33. The number of rotatable bonds is 6. The van der Waals surface area contributed by atoms with Gasteiger partial charge in [0.15, 0.2) is 0 Å². The predicted octanol–water partition coefficient (Wildman–Crippen LogP) is 4.05. The Kier molecular flexibility index (Phi) is 5.93. The standard InChI is InChI=1S/C14H21ClFN/c1-4-17-11(3)8-10(2)9-12-13(15)6-5-7-14(12)16/h5-7,10-11,17H,4,8-9H2,1-3H3. The van der Waals surface area contributed by atoms with Crippen molar-refractivity contribution in [3.63, 3.8) is 0 Å². The van der Waals surface area contributed by atoms with Gasteiger partial charge in [-0.15, -0.1) is 0 Å². The third-order valence-corrected chi connectivity index (χ3v) is 3.28. The first kappa shape index (κ1) is 14.5. The fraction of sp³-hybridized carbons (Fsp3) is 0.571. The Bertz CT molecular complexity index is 334. The molecule has 0 fully saturated rings. The summed E-state index contributed by atoms with van der Waals surface area (Å²) in [7, 11) is 0. The Balaban J connectivity index is 2.59. The van der Waals surface area contributed by atoms with Gasteiger partial charge in [0.1, 0.15) is 5.82 Å². The molecule has 1 nitrogen and oxygen atoms in total. The molecule has 0 spiro atoms. The highest BCUT2D eigenvalue weighted by molar-refractivity contribution is 6.31. The molecular formula is C14H21ClFN. The zero-order chi connectivity index (χ0) is 12.8. The van der Waals surface area contributed by atoms with E-state index in [1.807, 2.05) is 0 Å². The molecule has 2 unspecified atom stereocenters. The summed E-state index contributed by atoms with van der Waals surface area (Å²) in [5, 5.41) is 3.90. The Morgan fingerprint density at radius 1 is 1.35 bits per heavy atom. The first-order valence-corrected chi connectivity index (χ1v) is 6.58. The third kappa shape index (κ3) is 4.64. The van der Waals surface area contributed by atoms with Gasteiger partial charge >= 0.3 is 0 Å². The van der Waals surface area contributed by atoms with Crippen molar-refractivity contribution in [3.8, 4) is 0 Å². The van der Waals surface area contributed by atoms with Crippen molar-refractivity contribution in [1.29, 1.82) is 0 Å². The van der Waals surface area contributed by atoms with E-state index in [0.717, 1.165) is 13.0 Å². The zero-order valence-electron chi connectivity index (χ0n) is 10.8. The lowest BCUT2D eigenvalue weighted by Crippen LogP contribution is -2.27. The Labute approximate surface area is 108 Å². The number of nitrogens with one attached hydrogen (secondary N) is 1. The summed E-state index contributed by atoms with van der Waals surface area (Å²) in [5.74, 6) is 0.221. The average Bonchev–Trinajstić information content (AvgIpc) is 2.24. The van der Waals surface area contributed by atoms with Gasteiger partial charge in [-0.3, -0.25) is 0 Å². The summed E-state index contributed by atoms with van der Waals surface area (Å²) in [4.78, 5) is 0. The minimum atomic E-state index is -0.194. The maximum Gasteiger partial charge on any atom is 0.127 e. The molecule has 1 rings (SSSR count). The molecule has 0 aromatic heterocycles. The van der Waals surface area contributed by atoms with Crippen LogP contribution in [0.2, 0.25) is 5.02 Å². The highest BCUT2D eigenvalue weighted by Crippen LogP contribution is 2.23. The van der Waals surface area contributed by atoms with Crippen LogP contribution in [0.15, 0.2) is 18.2 Å². The van der Waals surface area contributed by atoms with E-state index in [1.54, 1.807) is 12.1 Å². The summed E-state index contributed by atoms with van der Waals surface area (Å²) in [6.45, 7) is 7.35. The van der Waals surface area contributed by atoms with Crippen LogP contribution in [0.1, 0.15) is 32.8 Å². The van der Waals surface area contributed by atoms with Crippen molar-refractivity contribution in [3.05, 3.63) is 34.6 Å². The van der Waals surface area contributed by atoms with E-state index in [-0.39, 0.29) is 5.82 Å². The lowest BCUT2D eigenvalue weighted by molar-refractivity contribution is 0.421. The van der Waals surface area contributed by atoms with Crippen LogP contribution in [0.25, 0.3) is 0 Å². The lowest BCUT2D eigenvalue weighted by Gasteiger charge is -2.18. The second-order valence-electron chi connectivity index (χ2n) is 4.70. The quantitative estimate of drug-likeness (QED) is 0.811. The Hall–Kier alpha value is -0.600. The number of halogens is 2. The normalized spacial score (nSPS) is 14.6. The van der Waals surface area contributed by atoms with E-state index in [1.165, 1.54) is 6.07 Å². The van der Waals surface area contributed by atoms with E-state index in [9.17, 15) is 4.39 Å². The predicted molar refractivity (Wildman–Crippen MR) is 72.0 cm³/mol. The van der Waals surface area contributed by atoms with Crippen LogP contribution in [0.3, 0.4) is 0 Å². The molecule has 96 valence electrons. The molecule has 0 saturated carbocycles. The maximum absolute atomic E-state index is 13.6. The monoisotopic (exact) mass is 257 g/mol. The van der Waals surface area contributed by atoms with Gasteiger partial charge in [-0.1, -0.05) is 31.5 Å². The van der Waals surface area contributed by atoms with Gasteiger partial charge in [0.2, 0.25) is 0 Å². The minimum absolute atomic E-state index is 0.194. The van der Waals surface area contributed by atoms with Crippen LogP contribution in [-0.4, -0.2) is 12.6 Å². The molecule has 3 heteroatoms.